The number of nitrogens with two attached hydrogens (primary N) is 2. The first kappa shape index (κ1) is 39.9. The predicted octanol–water partition coefficient (Wildman–Crippen LogP) is 1.90. The van der Waals surface area contributed by atoms with Crippen molar-refractivity contribution in [2.24, 2.45) is 17.4 Å². The van der Waals surface area contributed by atoms with Crippen molar-refractivity contribution in [2.45, 2.75) is 78.1 Å². The Balaban J connectivity index is 2.86. The highest BCUT2D eigenvalue weighted by molar-refractivity contribution is 5.99. The van der Waals surface area contributed by atoms with Crippen LogP contribution in [-0.4, -0.2) is 98.0 Å². The highest BCUT2D eigenvalue weighted by Gasteiger charge is 2.28. The maximum atomic E-state index is 13.3. The van der Waals surface area contributed by atoms with Crippen LogP contribution in [0, 0.1) is 5.92 Å². The smallest absolute Gasteiger partial charge is 0.409 e. The van der Waals surface area contributed by atoms with Crippen LogP contribution in [0.5, 0.6) is 0 Å². The molecular formula is C32H54N8O6. The van der Waals surface area contributed by atoms with Gasteiger partial charge in [-0.1, -0.05) is 44.6 Å². The quantitative estimate of drug-likeness (QED) is 0.0911. The van der Waals surface area contributed by atoms with Crippen LogP contribution in [0.3, 0.4) is 0 Å². The SMILES string of the molecule is CC(C)[C@H](NC(=O)CCCCCN)C(=O)N[C@@H](/C=C/CNC(N)=O)C(=O)Nc1ccc(COC(=O)N(C)CCN(C)C(C)C)cc1. The predicted molar refractivity (Wildman–Crippen MR) is 179 cm³/mol. The summed E-state index contributed by atoms with van der Waals surface area (Å²) in [6, 6.07) is 4.38. The van der Waals surface area contributed by atoms with Crippen molar-refractivity contribution in [1.82, 2.24) is 25.8 Å². The summed E-state index contributed by atoms with van der Waals surface area (Å²) >= 11 is 0. The van der Waals surface area contributed by atoms with Gasteiger partial charge in [-0.25, -0.2) is 9.59 Å². The third-order valence-electron chi connectivity index (χ3n) is 7.24. The fourth-order valence-electron chi connectivity index (χ4n) is 4.01. The Morgan fingerprint density at radius 2 is 1.59 bits per heavy atom. The molecule has 0 heterocycles. The van der Waals surface area contributed by atoms with Crippen molar-refractivity contribution in [3.05, 3.63) is 42.0 Å². The molecule has 0 saturated heterocycles. The van der Waals surface area contributed by atoms with Gasteiger partial charge in [-0.15, -0.1) is 0 Å². The second kappa shape index (κ2) is 21.5. The van der Waals surface area contributed by atoms with Crippen LogP contribution in [0.1, 0.15) is 58.9 Å². The number of carbonyl (C=O) groups is 5. The Kier molecular flexibility index (Phi) is 18.7. The van der Waals surface area contributed by atoms with Crippen LogP contribution in [0.4, 0.5) is 15.3 Å². The van der Waals surface area contributed by atoms with Gasteiger partial charge in [0.25, 0.3) is 5.91 Å². The molecule has 0 radical (unpaired) electrons. The summed E-state index contributed by atoms with van der Waals surface area (Å²) in [4.78, 5) is 66.0. The third kappa shape index (κ3) is 16.2. The van der Waals surface area contributed by atoms with Gasteiger partial charge >= 0.3 is 12.1 Å². The first-order valence-corrected chi connectivity index (χ1v) is 15.7. The summed E-state index contributed by atoms with van der Waals surface area (Å²) in [5.74, 6) is -1.59. The van der Waals surface area contributed by atoms with Crippen LogP contribution in [-0.2, 0) is 25.7 Å². The molecule has 0 fully saturated rings. The molecule has 2 atom stereocenters. The number of ether oxygens (including phenoxy) is 1. The van der Waals surface area contributed by atoms with Gasteiger partial charge in [0, 0.05) is 44.8 Å². The van der Waals surface area contributed by atoms with E-state index in [1.54, 1.807) is 45.2 Å². The lowest BCUT2D eigenvalue weighted by Gasteiger charge is -2.24. The van der Waals surface area contributed by atoms with Gasteiger partial charge in [0.2, 0.25) is 11.8 Å². The Hall–Kier alpha value is -4.17. The molecule has 0 bridgehead atoms. The number of likely N-dealkylation sites (N-methyl/N-ethyl adjacent to an activating group) is 2. The van der Waals surface area contributed by atoms with Crippen molar-refractivity contribution < 1.29 is 28.7 Å². The molecule has 46 heavy (non-hydrogen) atoms. The van der Waals surface area contributed by atoms with E-state index in [1.807, 2.05) is 7.05 Å². The molecule has 6 amide bonds. The zero-order valence-corrected chi connectivity index (χ0v) is 28.1. The molecule has 0 spiro atoms. The maximum absolute atomic E-state index is 13.3. The molecule has 0 aliphatic carbocycles. The molecule has 0 aliphatic rings. The molecular weight excluding hydrogens is 592 g/mol. The van der Waals surface area contributed by atoms with Gasteiger partial charge < -0.3 is 47.3 Å². The van der Waals surface area contributed by atoms with Crippen LogP contribution in [0.2, 0.25) is 0 Å². The number of nitrogens with zero attached hydrogens (tertiary/aromatic N) is 2. The molecule has 14 nitrogen and oxygen atoms in total. The normalized spacial score (nSPS) is 12.6. The summed E-state index contributed by atoms with van der Waals surface area (Å²) in [7, 11) is 3.68. The highest BCUT2D eigenvalue weighted by Crippen LogP contribution is 2.12. The summed E-state index contributed by atoms with van der Waals surface area (Å²) in [6.45, 7) is 9.66. The Labute approximate surface area is 273 Å². The van der Waals surface area contributed by atoms with Crippen LogP contribution in [0.15, 0.2) is 36.4 Å². The number of carbonyl (C=O) groups excluding carboxylic acids is 5. The molecule has 8 N–H and O–H groups in total. The molecule has 0 unspecified atom stereocenters. The average molecular weight is 647 g/mol. The van der Waals surface area contributed by atoms with Crippen LogP contribution < -0.4 is 32.7 Å². The van der Waals surface area contributed by atoms with Crippen molar-refractivity contribution >= 4 is 35.5 Å². The van der Waals surface area contributed by atoms with Crippen molar-refractivity contribution in [3.63, 3.8) is 0 Å². The molecule has 1 aromatic carbocycles. The van der Waals surface area contributed by atoms with Crippen molar-refractivity contribution in [2.75, 3.05) is 45.6 Å². The van der Waals surface area contributed by atoms with E-state index in [9.17, 15) is 24.0 Å². The molecule has 0 aromatic heterocycles. The molecule has 14 heteroatoms. The lowest BCUT2D eigenvalue weighted by molar-refractivity contribution is -0.131. The number of hydrogen-bond donors (Lipinski definition) is 6. The zero-order valence-electron chi connectivity index (χ0n) is 28.1. The highest BCUT2D eigenvalue weighted by atomic mass is 16.6. The Morgan fingerprint density at radius 3 is 2.17 bits per heavy atom. The van der Waals surface area contributed by atoms with Gasteiger partial charge in [0.15, 0.2) is 0 Å². The Morgan fingerprint density at radius 1 is 0.913 bits per heavy atom. The molecule has 0 aliphatic heterocycles. The number of urea groups is 1. The second-order valence-corrected chi connectivity index (χ2v) is 11.8. The monoisotopic (exact) mass is 646 g/mol. The molecule has 0 saturated carbocycles. The van der Waals surface area contributed by atoms with Crippen LogP contribution >= 0.6 is 0 Å². The van der Waals surface area contributed by atoms with E-state index in [0.29, 0.717) is 31.2 Å². The first-order valence-electron chi connectivity index (χ1n) is 15.7. The van der Waals surface area contributed by atoms with Gasteiger partial charge in [-0.2, -0.15) is 0 Å². The van der Waals surface area contributed by atoms with Gasteiger partial charge in [-0.05, 0) is 63.9 Å². The second-order valence-electron chi connectivity index (χ2n) is 11.8. The van der Waals surface area contributed by atoms with E-state index in [-0.39, 0.29) is 31.4 Å². The summed E-state index contributed by atoms with van der Waals surface area (Å²) < 4.78 is 5.41. The number of nitrogens with one attached hydrogen (secondary N) is 4. The van der Waals surface area contributed by atoms with E-state index < -0.39 is 36.0 Å². The van der Waals surface area contributed by atoms with E-state index in [0.717, 1.165) is 24.9 Å². The van der Waals surface area contributed by atoms with E-state index in [1.165, 1.54) is 17.1 Å². The minimum atomic E-state index is -1.13. The standard InChI is InChI=1S/C32H54N8O6/c1-22(2)28(38-27(41)12-8-7-9-17-33)30(43)37-26(11-10-18-35-31(34)44)29(42)36-25-15-13-24(14-16-25)21-46-32(45)40(6)20-19-39(5)23(3)4/h10-11,13-16,22-23,26,28H,7-9,12,17-21,33H2,1-6H3,(H,36,42)(H,37,43)(H,38,41)(H3,34,35,44)/b11-10+/t26-,28-/m0/s1. The minimum Gasteiger partial charge on any atom is -0.445 e. The first-order chi connectivity index (χ1) is 21.7. The van der Waals surface area contributed by atoms with Crippen molar-refractivity contribution in [3.8, 4) is 0 Å². The van der Waals surface area contributed by atoms with Gasteiger partial charge in [-0.3, -0.25) is 14.4 Å². The third-order valence-corrected chi connectivity index (χ3v) is 7.24. The molecule has 1 rings (SSSR count). The van der Waals surface area contributed by atoms with Gasteiger partial charge in [0.05, 0.1) is 0 Å². The maximum Gasteiger partial charge on any atom is 0.409 e. The number of rotatable bonds is 20. The number of benzene rings is 1. The topological polar surface area (TPSA) is 201 Å². The number of unbranched alkanes of at least 4 members (excludes halogenated alkanes) is 2. The van der Waals surface area contributed by atoms with Crippen molar-refractivity contribution in [1.29, 1.82) is 0 Å². The summed E-state index contributed by atoms with van der Waals surface area (Å²) in [5.41, 5.74) is 11.8. The fourth-order valence-corrected chi connectivity index (χ4v) is 4.01. The lowest BCUT2D eigenvalue weighted by atomic mass is 10.0. The van der Waals surface area contributed by atoms with E-state index in [2.05, 4.69) is 40.0 Å². The average Bonchev–Trinajstić information content (AvgIpc) is 3.00. The summed E-state index contributed by atoms with van der Waals surface area (Å²) in [5, 5.41) is 10.6. The fraction of sp³-hybridized carbons (Fsp3) is 0.594. The van der Waals surface area contributed by atoms with E-state index in [4.69, 9.17) is 16.2 Å². The number of anilines is 1. The van der Waals surface area contributed by atoms with E-state index >= 15 is 0 Å². The number of hydrogen-bond acceptors (Lipinski definition) is 8. The lowest BCUT2D eigenvalue weighted by Crippen LogP contribution is -2.54. The Bertz CT molecular complexity index is 1140. The number of amides is 6. The van der Waals surface area contributed by atoms with Crippen LogP contribution in [0.25, 0.3) is 0 Å². The zero-order chi connectivity index (χ0) is 34.6. The van der Waals surface area contributed by atoms with Gasteiger partial charge in [0.1, 0.15) is 18.7 Å². The molecule has 1 aromatic rings. The number of primary amides is 1. The summed E-state index contributed by atoms with van der Waals surface area (Å²) in [6.07, 6.45) is 5.04. The molecule has 258 valence electrons. The largest absolute Gasteiger partial charge is 0.445 e. The minimum absolute atomic E-state index is 0.0408.